The summed E-state index contributed by atoms with van der Waals surface area (Å²) in [6.07, 6.45) is 2.12. The van der Waals surface area contributed by atoms with Crippen LogP contribution in [0.15, 0.2) is 0 Å². The summed E-state index contributed by atoms with van der Waals surface area (Å²) in [6, 6.07) is 0. The first-order chi connectivity index (χ1) is 7.57. The van der Waals surface area contributed by atoms with Gasteiger partial charge in [0.2, 0.25) is 5.91 Å². The van der Waals surface area contributed by atoms with Crippen molar-refractivity contribution in [2.45, 2.75) is 45.8 Å². The van der Waals surface area contributed by atoms with Crippen molar-refractivity contribution in [2.75, 3.05) is 13.1 Å². The number of carbonyl (C=O) groups is 1. The third-order valence-corrected chi connectivity index (χ3v) is 3.47. The number of nitrogens with one attached hydrogen (secondary N) is 1. The maximum absolute atomic E-state index is 12.0. The standard InChI is InChI=1S/C12H24N2O2/c1-8-9(2)16-10(3)11(8)12(15)14-7-5-4-6-13/h8-11H,4-7,13H2,1-3H3,(H,14,15). The maximum Gasteiger partial charge on any atom is 0.226 e. The molecular formula is C12H24N2O2. The van der Waals surface area contributed by atoms with Crippen LogP contribution in [0.5, 0.6) is 0 Å². The number of unbranched alkanes of at least 4 members (excludes halogenated alkanes) is 1. The Balaban J connectivity index is 2.35. The van der Waals surface area contributed by atoms with E-state index in [9.17, 15) is 4.79 Å². The van der Waals surface area contributed by atoms with Gasteiger partial charge in [0, 0.05) is 6.54 Å². The van der Waals surface area contributed by atoms with E-state index in [0.717, 1.165) is 19.4 Å². The Kier molecular flexibility index (Phi) is 5.22. The summed E-state index contributed by atoms with van der Waals surface area (Å²) in [7, 11) is 0. The minimum Gasteiger partial charge on any atom is -0.374 e. The molecule has 0 aromatic heterocycles. The third kappa shape index (κ3) is 3.19. The first kappa shape index (κ1) is 13.5. The van der Waals surface area contributed by atoms with E-state index in [2.05, 4.69) is 12.2 Å². The average Bonchev–Trinajstić information content (AvgIpc) is 2.48. The first-order valence-corrected chi connectivity index (χ1v) is 6.21. The zero-order chi connectivity index (χ0) is 12.1. The summed E-state index contributed by atoms with van der Waals surface area (Å²) in [4.78, 5) is 12.0. The van der Waals surface area contributed by atoms with Gasteiger partial charge in [-0.1, -0.05) is 6.92 Å². The highest BCUT2D eigenvalue weighted by molar-refractivity contribution is 5.79. The van der Waals surface area contributed by atoms with Gasteiger partial charge in [-0.25, -0.2) is 0 Å². The van der Waals surface area contributed by atoms with Gasteiger partial charge >= 0.3 is 0 Å². The van der Waals surface area contributed by atoms with Crippen molar-refractivity contribution in [1.29, 1.82) is 0 Å². The van der Waals surface area contributed by atoms with Crippen molar-refractivity contribution in [3.63, 3.8) is 0 Å². The van der Waals surface area contributed by atoms with Crippen LogP contribution < -0.4 is 11.1 Å². The molecule has 4 unspecified atom stereocenters. The van der Waals surface area contributed by atoms with Crippen LogP contribution in [0.2, 0.25) is 0 Å². The highest BCUT2D eigenvalue weighted by Crippen LogP contribution is 2.32. The van der Waals surface area contributed by atoms with Crippen molar-refractivity contribution in [1.82, 2.24) is 5.32 Å². The lowest BCUT2D eigenvalue weighted by atomic mass is 9.89. The zero-order valence-electron chi connectivity index (χ0n) is 10.5. The van der Waals surface area contributed by atoms with Crippen LogP contribution in [0.1, 0.15) is 33.6 Å². The maximum atomic E-state index is 12.0. The van der Waals surface area contributed by atoms with Gasteiger partial charge in [-0.15, -0.1) is 0 Å². The monoisotopic (exact) mass is 228 g/mol. The molecular weight excluding hydrogens is 204 g/mol. The SMILES string of the molecule is CC1OC(C)C(C(=O)NCCCCN)C1C. The molecule has 1 heterocycles. The van der Waals surface area contributed by atoms with Crippen LogP contribution in [0.4, 0.5) is 0 Å². The smallest absolute Gasteiger partial charge is 0.226 e. The van der Waals surface area contributed by atoms with Crippen molar-refractivity contribution in [3.8, 4) is 0 Å². The van der Waals surface area contributed by atoms with Gasteiger partial charge in [-0.05, 0) is 39.2 Å². The number of rotatable bonds is 5. The molecule has 1 saturated heterocycles. The van der Waals surface area contributed by atoms with Gasteiger partial charge in [0.1, 0.15) is 0 Å². The summed E-state index contributed by atoms with van der Waals surface area (Å²) in [5.41, 5.74) is 5.40. The molecule has 4 nitrogen and oxygen atoms in total. The second kappa shape index (κ2) is 6.21. The molecule has 0 radical (unpaired) electrons. The number of nitrogens with two attached hydrogens (primary N) is 1. The lowest BCUT2D eigenvalue weighted by molar-refractivity contribution is -0.127. The molecule has 94 valence electrons. The first-order valence-electron chi connectivity index (χ1n) is 6.21. The fourth-order valence-electron chi connectivity index (χ4n) is 2.32. The molecule has 0 saturated carbocycles. The van der Waals surface area contributed by atoms with E-state index in [1.54, 1.807) is 0 Å². The number of ether oxygens (including phenoxy) is 1. The van der Waals surface area contributed by atoms with Crippen LogP contribution in [0, 0.1) is 11.8 Å². The lowest BCUT2D eigenvalue weighted by Crippen LogP contribution is -2.37. The molecule has 0 bridgehead atoms. The summed E-state index contributed by atoms with van der Waals surface area (Å²) < 4.78 is 5.65. The van der Waals surface area contributed by atoms with Gasteiger partial charge < -0.3 is 15.8 Å². The molecule has 16 heavy (non-hydrogen) atoms. The predicted octanol–water partition coefficient (Wildman–Crippen LogP) is 0.901. The van der Waals surface area contributed by atoms with E-state index in [0.29, 0.717) is 12.5 Å². The van der Waals surface area contributed by atoms with Crippen LogP contribution in [0.3, 0.4) is 0 Å². The van der Waals surface area contributed by atoms with E-state index in [1.165, 1.54) is 0 Å². The number of amides is 1. The third-order valence-electron chi connectivity index (χ3n) is 3.47. The topological polar surface area (TPSA) is 64.3 Å². The van der Waals surface area contributed by atoms with Crippen molar-refractivity contribution >= 4 is 5.91 Å². The van der Waals surface area contributed by atoms with Crippen molar-refractivity contribution in [2.24, 2.45) is 17.6 Å². The van der Waals surface area contributed by atoms with E-state index in [1.807, 2.05) is 13.8 Å². The molecule has 1 aliphatic heterocycles. The average molecular weight is 228 g/mol. The fourth-order valence-corrected chi connectivity index (χ4v) is 2.32. The normalized spacial score (nSPS) is 34.0. The summed E-state index contributed by atoms with van der Waals surface area (Å²) in [5, 5.41) is 2.97. The van der Waals surface area contributed by atoms with Crippen molar-refractivity contribution in [3.05, 3.63) is 0 Å². The Morgan fingerprint density at radius 1 is 1.25 bits per heavy atom. The second-order valence-electron chi connectivity index (χ2n) is 4.72. The number of hydrogen-bond donors (Lipinski definition) is 2. The highest BCUT2D eigenvalue weighted by Gasteiger charge is 2.41. The molecule has 0 spiro atoms. The number of carbonyl (C=O) groups excluding carboxylic acids is 1. The van der Waals surface area contributed by atoms with Crippen LogP contribution in [-0.2, 0) is 9.53 Å². The van der Waals surface area contributed by atoms with Gasteiger partial charge in [0.15, 0.2) is 0 Å². The minimum absolute atomic E-state index is 0.00660. The van der Waals surface area contributed by atoms with E-state index in [4.69, 9.17) is 10.5 Å². The largest absolute Gasteiger partial charge is 0.374 e. The minimum atomic E-state index is -0.00660. The van der Waals surface area contributed by atoms with Gasteiger partial charge in [0.25, 0.3) is 0 Å². The fraction of sp³-hybridized carbons (Fsp3) is 0.917. The Morgan fingerprint density at radius 2 is 1.94 bits per heavy atom. The molecule has 1 rings (SSSR count). The molecule has 1 amide bonds. The summed E-state index contributed by atoms with van der Waals surface area (Å²) in [6.45, 7) is 7.50. The van der Waals surface area contributed by atoms with Crippen molar-refractivity contribution < 1.29 is 9.53 Å². The molecule has 1 fully saturated rings. The molecule has 1 aliphatic rings. The molecule has 0 aromatic rings. The molecule has 4 atom stereocenters. The Hall–Kier alpha value is -0.610. The van der Waals surface area contributed by atoms with Gasteiger partial charge in [-0.3, -0.25) is 4.79 Å². The Bertz CT molecular complexity index is 233. The highest BCUT2D eigenvalue weighted by atomic mass is 16.5. The summed E-state index contributed by atoms with van der Waals surface area (Å²) >= 11 is 0. The van der Waals surface area contributed by atoms with Crippen LogP contribution in [0.25, 0.3) is 0 Å². The predicted molar refractivity (Wildman–Crippen MR) is 64.0 cm³/mol. The van der Waals surface area contributed by atoms with Gasteiger partial charge in [0.05, 0.1) is 18.1 Å². The summed E-state index contributed by atoms with van der Waals surface area (Å²) in [5.74, 6) is 0.416. The zero-order valence-corrected chi connectivity index (χ0v) is 10.5. The Morgan fingerprint density at radius 3 is 2.44 bits per heavy atom. The van der Waals surface area contributed by atoms with E-state index < -0.39 is 0 Å². The quantitative estimate of drug-likeness (QED) is 0.687. The molecule has 0 aromatic carbocycles. The Labute approximate surface area is 97.9 Å². The van der Waals surface area contributed by atoms with Gasteiger partial charge in [-0.2, -0.15) is 0 Å². The lowest BCUT2D eigenvalue weighted by Gasteiger charge is -2.17. The molecule has 4 heteroatoms. The second-order valence-corrected chi connectivity index (χ2v) is 4.72. The van der Waals surface area contributed by atoms with Crippen LogP contribution >= 0.6 is 0 Å². The van der Waals surface area contributed by atoms with Crippen LogP contribution in [-0.4, -0.2) is 31.2 Å². The van der Waals surface area contributed by atoms with E-state index >= 15 is 0 Å². The molecule has 0 aliphatic carbocycles. The molecule has 3 N–H and O–H groups in total. The van der Waals surface area contributed by atoms with E-state index in [-0.39, 0.29) is 24.0 Å². The number of hydrogen-bond acceptors (Lipinski definition) is 3.